The van der Waals surface area contributed by atoms with Crippen LogP contribution in [-0.4, -0.2) is 77.8 Å². The number of oxime groups is 1. The van der Waals surface area contributed by atoms with Crippen molar-refractivity contribution in [3.8, 4) is 0 Å². The molecule has 2 amide bonds. The first-order chi connectivity index (χ1) is 12.2. The van der Waals surface area contributed by atoms with Crippen LogP contribution in [0.4, 0.5) is 0 Å². The summed E-state index contributed by atoms with van der Waals surface area (Å²) in [5.41, 5.74) is 1.17. The molecule has 3 aliphatic heterocycles. The molecule has 0 spiro atoms. The van der Waals surface area contributed by atoms with Crippen LogP contribution in [0.15, 0.2) is 29.6 Å². The van der Waals surface area contributed by atoms with Gasteiger partial charge in [0.2, 0.25) is 5.91 Å². The molecule has 25 heavy (non-hydrogen) atoms. The molecule has 1 aromatic rings. The molecule has 8 nitrogen and oxygen atoms in total. The van der Waals surface area contributed by atoms with Crippen molar-refractivity contribution in [2.45, 2.75) is 12.5 Å². The Balaban J connectivity index is 1.39. The van der Waals surface area contributed by atoms with E-state index in [1.807, 2.05) is 18.2 Å². The Bertz CT molecular complexity index is 687. The molecule has 2 fully saturated rings. The van der Waals surface area contributed by atoms with Crippen LogP contribution in [0.3, 0.4) is 0 Å². The van der Waals surface area contributed by atoms with Crippen LogP contribution in [-0.2, 0) is 25.6 Å². The summed E-state index contributed by atoms with van der Waals surface area (Å²) in [5, 5.41) is 4.01. The molecule has 4 heterocycles. The molecule has 2 saturated heterocycles. The SMILES string of the molecule is O=C(Cc1ccccn1)N1C[C@@H]2C(C(=O)N3CCOCC3)=NO[C@@H]2C1. The summed E-state index contributed by atoms with van der Waals surface area (Å²) in [6.45, 7) is 3.14. The first kappa shape index (κ1) is 16.0. The Morgan fingerprint density at radius 2 is 2.00 bits per heavy atom. The van der Waals surface area contributed by atoms with Crippen molar-refractivity contribution in [3.63, 3.8) is 0 Å². The van der Waals surface area contributed by atoms with E-state index in [9.17, 15) is 9.59 Å². The zero-order chi connectivity index (χ0) is 17.2. The maximum Gasteiger partial charge on any atom is 0.272 e. The Morgan fingerprint density at radius 3 is 2.76 bits per heavy atom. The lowest BCUT2D eigenvalue weighted by atomic mass is 10.00. The molecule has 0 aromatic carbocycles. The highest BCUT2D eigenvalue weighted by Gasteiger charge is 2.47. The van der Waals surface area contributed by atoms with Gasteiger partial charge in [-0.25, -0.2) is 0 Å². The van der Waals surface area contributed by atoms with Crippen LogP contribution in [0.25, 0.3) is 0 Å². The number of amides is 2. The second-order valence-corrected chi connectivity index (χ2v) is 6.43. The summed E-state index contributed by atoms with van der Waals surface area (Å²) in [6.07, 6.45) is 1.70. The Kier molecular flexibility index (Phi) is 4.35. The average Bonchev–Trinajstić information content (AvgIpc) is 3.23. The number of hydrogen-bond acceptors (Lipinski definition) is 6. The minimum atomic E-state index is -0.229. The van der Waals surface area contributed by atoms with Gasteiger partial charge in [-0.3, -0.25) is 14.6 Å². The lowest BCUT2D eigenvalue weighted by molar-refractivity contribution is -0.130. The van der Waals surface area contributed by atoms with Gasteiger partial charge in [-0.05, 0) is 12.1 Å². The predicted octanol–water partition coefficient (Wildman–Crippen LogP) is -0.304. The molecule has 0 N–H and O–H groups in total. The molecule has 132 valence electrons. The van der Waals surface area contributed by atoms with E-state index in [4.69, 9.17) is 9.57 Å². The van der Waals surface area contributed by atoms with Gasteiger partial charge >= 0.3 is 0 Å². The van der Waals surface area contributed by atoms with Crippen molar-refractivity contribution in [2.75, 3.05) is 39.4 Å². The van der Waals surface area contributed by atoms with Crippen LogP contribution in [0.5, 0.6) is 0 Å². The van der Waals surface area contributed by atoms with Gasteiger partial charge in [-0.15, -0.1) is 0 Å². The third-order valence-electron chi connectivity index (χ3n) is 4.83. The predicted molar refractivity (Wildman–Crippen MR) is 87.7 cm³/mol. The number of aromatic nitrogens is 1. The van der Waals surface area contributed by atoms with E-state index >= 15 is 0 Å². The smallest absolute Gasteiger partial charge is 0.272 e. The van der Waals surface area contributed by atoms with Crippen LogP contribution < -0.4 is 0 Å². The van der Waals surface area contributed by atoms with Crippen molar-refractivity contribution < 1.29 is 19.2 Å². The number of fused-ring (bicyclic) bond motifs is 1. The van der Waals surface area contributed by atoms with Crippen LogP contribution in [0.2, 0.25) is 0 Å². The molecule has 1 aromatic heterocycles. The molecule has 0 radical (unpaired) electrons. The van der Waals surface area contributed by atoms with E-state index in [0.29, 0.717) is 45.1 Å². The molecule has 8 heteroatoms. The normalized spacial score (nSPS) is 25.4. The first-order valence-corrected chi connectivity index (χ1v) is 8.51. The van der Waals surface area contributed by atoms with E-state index in [0.717, 1.165) is 5.69 Å². The summed E-state index contributed by atoms with van der Waals surface area (Å²) in [5.74, 6) is -0.257. The summed E-state index contributed by atoms with van der Waals surface area (Å²) < 4.78 is 5.28. The summed E-state index contributed by atoms with van der Waals surface area (Å²) in [7, 11) is 0. The number of morpholine rings is 1. The number of rotatable bonds is 3. The van der Waals surface area contributed by atoms with Gasteiger partial charge in [0.05, 0.1) is 32.1 Å². The van der Waals surface area contributed by atoms with Crippen molar-refractivity contribution in [2.24, 2.45) is 11.1 Å². The topological polar surface area (TPSA) is 84.3 Å². The molecular formula is C17H20N4O4. The highest BCUT2D eigenvalue weighted by molar-refractivity contribution is 6.40. The Hall–Kier alpha value is -2.48. The second-order valence-electron chi connectivity index (χ2n) is 6.43. The molecule has 0 aliphatic carbocycles. The molecule has 0 saturated carbocycles. The molecular weight excluding hydrogens is 324 g/mol. The molecule has 0 bridgehead atoms. The van der Waals surface area contributed by atoms with E-state index < -0.39 is 0 Å². The van der Waals surface area contributed by atoms with Crippen LogP contribution >= 0.6 is 0 Å². The number of pyridine rings is 1. The van der Waals surface area contributed by atoms with Crippen molar-refractivity contribution >= 4 is 17.5 Å². The minimum Gasteiger partial charge on any atom is -0.389 e. The average molecular weight is 344 g/mol. The van der Waals surface area contributed by atoms with Crippen LogP contribution in [0.1, 0.15) is 5.69 Å². The number of likely N-dealkylation sites (tertiary alicyclic amines) is 1. The quantitative estimate of drug-likeness (QED) is 0.751. The number of nitrogens with zero attached hydrogens (tertiary/aromatic N) is 4. The van der Waals surface area contributed by atoms with Gasteiger partial charge in [0, 0.05) is 31.5 Å². The standard InChI is InChI=1S/C17H20N4O4/c22-15(9-12-3-1-2-4-18-12)21-10-13-14(11-21)25-19-16(13)17(23)20-5-7-24-8-6-20/h1-4,13-14H,5-11H2/t13-,14+/m0/s1. The Labute approximate surface area is 145 Å². The highest BCUT2D eigenvalue weighted by Crippen LogP contribution is 2.28. The fourth-order valence-corrected chi connectivity index (χ4v) is 3.43. The summed E-state index contributed by atoms with van der Waals surface area (Å²) in [4.78, 5) is 38.3. The van der Waals surface area contributed by atoms with E-state index in [2.05, 4.69) is 10.1 Å². The van der Waals surface area contributed by atoms with E-state index in [-0.39, 0.29) is 30.3 Å². The third-order valence-corrected chi connectivity index (χ3v) is 4.83. The van der Waals surface area contributed by atoms with Gasteiger partial charge in [-0.2, -0.15) is 0 Å². The number of carbonyl (C=O) groups excluding carboxylic acids is 2. The third kappa shape index (κ3) is 3.21. The fraction of sp³-hybridized carbons (Fsp3) is 0.529. The van der Waals surface area contributed by atoms with Gasteiger partial charge in [0.25, 0.3) is 5.91 Å². The number of ether oxygens (including phenoxy) is 1. The number of carbonyl (C=O) groups is 2. The zero-order valence-electron chi connectivity index (χ0n) is 13.8. The second kappa shape index (κ2) is 6.79. The molecule has 2 atom stereocenters. The fourth-order valence-electron chi connectivity index (χ4n) is 3.43. The van der Waals surface area contributed by atoms with Crippen LogP contribution in [0, 0.1) is 5.92 Å². The summed E-state index contributed by atoms with van der Waals surface area (Å²) in [6, 6.07) is 5.52. The zero-order valence-corrected chi connectivity index (χ0v) is 13.8. The molecule has 3 aliphatic rings. The van der Waals surface area contributed by atoms with Gasteiger partial charge < -0.3 is 19.4 Å². The largest absolute Gasteiger partial charge is 0.389 e. The summed E-state index contributed by atoms with van der Waals surface area (Å²) >= 11 is 0. The lowest BCUT2D eigenvalue weighted by Crippen LogP contribution is -2.46. The van der Waals surface area contributed by atoms with E-state index in [1.54, 1.807) is 16.0 Å². The Morgan fingerprint density at radius 1 is 1.16 bits per heavy atom. The van der Waals surface area contributed by atoms with Gasteiger partial charge in [0.1, 0.15) is 0 Å². The molecule has 0 unspecified atom stereocenters. The highest BCUT2D eigenvalue weighted by atomic mass is 16.6. The van der Waals surface area contributed by atoms with Gasteiger partial charge in [-0.1, -0.05) is 11.2 Å². The monoisotopic (exact) mass is 344 g/mol. The van der Waals surface area contributed by atoms with Crippen molar-refractivity contribution in [1.29, 1.82) is 0 Å². The van der Waals surface area contributed by atoms with Gasteiger partial charge in [0.15, 0.2) is 11.8 Å². The maximum atomic E-state index is 12.7. The first-order valence-electron chi connectivity index (χ1n) is 8.51. The lowest BCUT2D eigenvalue weighted by Gasteiger charge is -2.27. The van der Waals surface area contributed by atoms with E-state index in [1.165, 1.54) is 0 Å². The van der Waals surface area contributed by atoms with Crippen molar-refractivity contribution in [3.05, 3.63) is 30.1 Å². The minimum absolute atomic E-state index is 0.00475. The number of hydrogen-bond donors (Lipinski definition) is 0. The molecule has 4 rings (SSSR count). The van der Waals surface area contributed by atoms with Crippen molar-refractivity contribution in [1.82, 2.24) is 14.8 Å². The maximum absolute atomic E-state index is 12.7.